The van der Waals surface area contributed by atoms with Crippen LogP contribution in [0.15, 0.2) is 30.3 Å². The first kappa shape index (κ1) is 23.2. The maximum absolute atomic E-state index is 13.4. The summed E-state index contributed by atoms with van der Waals surface area (Å²) in [5.41, 5.74) is 0.400. The van der Waals surface area contributed by atoms with Gasteiger partial charge in [-0.3, -0.25) is 4.79 Å². The summed E-state index contributed by atoms with van der Waals surface area (Å²) in [6.45, 7) is 6.30. The van der Waals surface area contributed by atoms with E-state index in [1.54, 1.807) is 19.1 Å². The van der Waals surface area contributed by atoms with Crippen LogP contribution in [0, 0.1) is 18.7 Å². The van der Waals surface area contributed by atoms with Gasteiger partial charge in [-0.25, -0.2) is 9.18 Å². The summed E-state index contributed by atoms with van der Waals surface area (Å²) in [4.78, 5) is 23.1. The van der Waals surface area contributed by atoms with Crippen LogP contribution in [0.25, 0.3) is 0 Å². The zero-order valence-electron chi connectivity index (χ0n) is 17.4. The summed E-state index contributed by atoms with van der Waals surface area (Å²) >= 11 is 0. The second kappa shape index (κ2) is 10.6. The molecule has 0 radical (unpaired) electrons. The van der Waals surface area contributed by atoms with Crippen LogP contribution in [0.2, 0.25) is 0 Å². The number of phenolic OH excluding ortho intramolecular Hbond substituents is 1. The fourth-order valence-electron chi connectivity index (χ4n) is 2.88. The van der Waals surface area contributed by atoms with Gasteiger partial charge in [0.1, 0.15) is 23.1 Å². The quantitative estimate of drug-likeness (QED) is 0.394. The van der Waals surface area contributed by atoms with Gasteiger partial charge in [0, 0.05) is 12.0 Å². The topological polar surface area (TPSA) is 93.1 Å². The number of carboxylic acids is 1. The van der Waals surface area contributed by atoms with E-state index >= 15 is 0 Å². The molecule has 0 saturated heterocycles. The molecule has 2 aromatic carbocycles. The molecule has 7 heteroatoms. The number of carbonyl (C=O) groups is 2. The smallest absolute Gasteiger partial charge is 0.338 e. The molecule has 0 saturated carbocycles. The van der Waals surface area contributed by atoms with E-state index in [0.29, 0.717) is 49.4 Å². The molecule has 6 nitrogen and oxygen atoms in total. The number of rotatable bonds is 11. The number of carbonyl (C=O) groups excluding carboxylic acids is 1. The van der Waals surface area contributed by atoms with Crippen LogP contribution in [0.1, 0.15) is 59.4 Å². The number of Topliss-reactive ketones (excluding diaryl/α,β-unsaturated/α-hetero) is 1. The third-order valence-electron chi connectivity index (χ3n) is 4.51. The molecule has 0 fully saturated rings. The van der Waals surface area contributed by atoms with Crippen molar-refractivity contribution in [3.8, 4) is 17.2 Å². The molecule has 2 rings (SSSR count). The van der Waals surface area contributed by atoms with Crippen LogP contribution in [0.4, 0.5) is 4.39 Å². The number of halogens is 1. The molecule has 0 aliphatic rings. The predicted molar refractivity (Wildman–Crippen MR) is 110 cm³/mol. The lowest BCUT2D eigenvalue weighted by Gasteiger charge is -2.13. The highest BCUT2D eigenvalue weighted by Crippen LogP contribution is 2.32. The number of benzene rings is 2. The monoisotopic (exact) mass is 418 g/mol. The molecule has 162 valence electrons. The van der Waals surface area contributed by atoms with E-state index in [0.717, 1.165) is 12.1 Å². The zero-order valence-corrected chi connectivity index (χ0v) is 17.4. The molecule has 0 spiro atoms. The molecule has 2 aromatic rings. The van der Waals surface area contributed by atoms with Crippen LogP contribution in [0.5, 0.6) is 17.2 Å². The van der Waals surface area contributed by atoms with Crippen molar-refractivity contribution in [1.29, 1.82) is 0 Å². The Morgan fingerprint density at radius 1 is 1.03 bits per heavy atom. The molecule has 30 heavy (non-hydrogen) atoms. The summed E-state index contributed by atoms with van der Waals surface area (Å²) in [6.07, 6.45) is 1.66. The number of aromatic carboxylic acids is 1. The molecule has 0 bridgehead atoms. The van der Waals surface area contributed by atoms with E-state index in [4.69, 9.17) is 14.6 Å². The van der Waals surface area contributed by atoms with Gasteiger partial charge in [0.25, 0.3) is 0 Å². The van der Waals surface area contributed by atoms with Crippen molar-refractivity contribution in [3.05, 3.63) is 52.8 Å². The number of aromatic hydroxyl groups is 1. The van der Waals surface area contributed by atoms with Gasteiger partial charge in [-0.05, 0) is 56.0 Å². The molecule has 0 amide bonds. The Hall–Kier alpha value is -3.09. The summed E-state index contributed by atoms with van der Waals surface area (Å²) in [5.74, 6) is -1.29. The van der Waals surface area contributed by atoms with Crippen LogP contribution in [-0.2, 0) is 0 Å². The Kier molecular flexibility index (Phi) is 8.21. The third kappa shape index (κ3) is 6.20. The molecule has 0 heterocycles. The molecular formula is C23H27FO6. The molecule has 0 aliphatic heterocycles. The largest absolute Gasteiger partial charge is 0.507 e. The Morgan fingerprint density at radius 2 is 1.70 bits per heavy atom. The van der Waals surface area contributed by atoms with Gasteiger partial charge in [0.05, 0.1) is 24.3 Å². The normalized spacial score (nSPS) is 10.8. The van der Waals surface area contributed by atoms with Crippen LogP contribution in [0.3, 0.4) is 0 Å². The summed E-state index contributed by atoms with van der Waals surface area (Å²) in [6, 6.07) is 6.87. The number of ketones is 1. The minimum atomic E-state index is -1.35. The third-order valence-corrected chi connectivity index (χ3v) is 4.51. The Balaban J connectivity index is 1.81. The lowest BCUT2D eigenvalue weighted by Crippen LogP contribution is -2.07. The maximum atomic E-state index is 13.4. The number of phenols is 1. The second-order valence-corrected chi connectivity index (χ2v) is 7.46. The Labute approximate surface area is 175 Å². The van der Waals surface area contributed by atoms with E-state index in [1.807, 2.05) is 13.8 Å². The van der Waals surface area contributed by atoms with E-state index in [-0.39, 0.29) is 23.2 Å². The van der Waals surface area contributed by atoms with Crippen molar-refractivity contribution < 1.29 is 33.7 Å². The average molecular weight is 418 g/mol. The highest BCUT2D eigenvalue weighted by atomic mass is 19.1. The molecule has 0 unspecified atom stereocenters. The van der Waals surface area contributed by atoms with Gasteiger partial charge in [0.15, 0.2) is 5.78 Å². The number of hydrogen-bond acceptors (Lipinski definition) is 5. The van der Waals surface area contributed by atoms with Crippen molar-refractivity contribution >= 4 is 11.8 Å². The van der Waals surface area contributed by atoms with Crippen LogP contribution < -0.4 is 9.47 Å². The summed E-state index contributed by atoms with van der Waals surface area (Å²) in [7, 11) is 0. The van der Waals surface area contributed by atoms with Gasteiger partial charge in [-0.2, -0.15) is 0 Å². The molecule has 0 atom stereocenters. The summed E-state index contributed by atoms with van der Waals surface area (Å²) in [5, 5.41) is 19.2. The van der Waals surface area contributed by atoms with Crippen LogP contribution in [-0.4, -0.2) is 35.2 Å². The molecule has 0 aliphatic carbocycles. The molecular weight excluding hydrogens is 391 g/mol. The number of unbranched alkanes of at least 4 members (excludes halogenated alkanes) is 1. The Bertz CT molecular complexity index is 907. The van der Waals surface area contributed by atoms with Crippen molar-refractivity contribution in [3.63, 3.8) is 0 Å². The lowest BCUT2D eigenvalue weighted by atomic mass is 9.98. The van der Waals surface area contributed by atoms with Gasteiger partial charge in [-0.15, -0.1) is 0 Å². The van der Waals surface area contributed by atoms with E-state index < -0.39 is 17.3 Å². The summed E-state index contributed by atoms with van der Waals surface area (Å²) < 4.78 is 24.5. The van der Waals surface area contributed by atoms with Crippen molar-refractivity contribution in [2.24, 2.45) is 5.92 Å². The second-order valence-electron chi connectivity index (χ2n) is 7.46. The highest BCUT2D eigenvalue weighted by molar-refractivity contribution is 5.99. The van der Waals surface area contributed by atoms with Gasteiger partial charge >= 0.3 is 5.97 Å². The van der Waals surface area contributed by atoms with Gasteiger partial charge in [0.2, 0.25) is 0 Å². The molecule has 2 N–H and O–H groups in total. The first-order valence-electron chi connectivity index (χ1n) is 9.85. The lowest BCUT2D eigenvalue weighted by molar-refractivity contribution is 0.0691. The fraction of sp³-hybridized carbons (Fsp3) is 0.391. The van der Waals surface area contributed by atoms with Crippen molar-refractivity contribution in [2.75, 3.05) is 13.2 Å². The molecule has 0 aromatic heterocycles. The fourth-order valence-corrected chi connectivity index (χ4v) is 2.88. The van der Waals surface area contributed by atoms with Crippen molar-refractivity contribution in [1.82, 2.24) is 0 Å². The highest BCUT2D eigenvalue weighted by Gasteiger charge is 2.17. The van der Waals surface area contributed by atoms with E-state index in [9.17, 15) is 19.1 Å². The minimum absolute atomic E-state index is 0.0490. The first-order valence-corrected chi connectivity index (χ1v) is 9.85. The zero-order chi connectivity index (χ0) is 22.3. The first-order chi connectivity index (χ1) is 14.2. The van der Waals surface area contributed by atoms with Gasteiger partial charge in [-0.1, -0.05) is 13.8 Å². The van der Waals surface area contributed by atoms with Gasteiger partial charge < -0.3 is 19.7 Å². The predicted octanol–water partition coefficient (Wildman–Crippen LogP) is 5.00. The maximum Gasteiger partial charge on any atom is 0.338 e. The van der Waals surface area contributed by atoms with E-state index in [2.05, 4.69) is 0 Å². The average Bonchev–Trinajstić information content (AvgIpc) is 2.68. The van der Waals surface area contributed by atoms with Crippen LogP contribution >= 0.6 is 0 Å². The van der Waals surface area contributed by atoms with Crippen molar-refractivity contribution in [2.45, 2.75) is 40.0 Å². The SMILES string of the molecule is Cc1c(OCCCCOc2ccc(F)c(C(=O)O)c2)ccc(C(=O)CC(C)C)c1O. The number of hydrogen-bond donors (Lipinski definition) is 2. The minimum Gasteiger partial charge on any atom is -0.507 e. The Morgan fingerprint density at radius 3 is 2.33 bits per heavy atom. The number of ether oxygens (including phenoxy) is 2. The number of carboxylic acid groups (broad SMARTS) is 1. The van der Waals surface area contributed by atoms with E-state index in [1.165, 1.54) is 6.07 Å². The standard InChI is InChI=1S/C23H27FO6/c1-14(2)12-20(25)17-7-9-21(15(3)22(17)26)30-11-5-4-10-29-16-6-8-19(24)18(13-16)23(27)28/h6-9,13-14,26H,4-5,10-12H2,1-3H3,(H,27,28).